The lowest BCUT2D eigenvalue weighted by atomic mass is 10.1. The maximum Gasteiger partial charge on any atom is 0.164 e. The van der Waals surface area contributed by atoms with Gasteiger partial charge in [-0.2, -0.15) is 0 Å². The molecule has 0 aliphatic carbocycles. The number of ether oxygens (including phenoxy) is 2. The minimum Gasteiger partial charge on any atom is -0.508 e. The number of aromatic hydroxyl groups is 1. The summed E-state index contributed by atoms with van der Waals surface area (Å²) in [6.45, 7) is 1.90. The predicted molar refractivity (Wildman–Crippen MR) is 58.6 cm³/mol. The highest BCUT2D eigenvalue weighted by atomic mass is 16.5. The van der Waals surface area contributed by atoms with Crippen LogP contribution in [0, 0.1) is 0 Å². The SMILES string of the molecule is COc1cc(O)cc(CC(C)N)c1OC. The summed E-state index contributed by atoms with van der Waals surface area (Å²) in [4.78, 5) is 0. The fourth-order valence-electron chi connectivity index (χ4n) is 1.53. The first-order valence-electron chi connectivity index (χ1n) is 4.78. The van der Waals surface area contributed by atoms with Crippen LogP contribution in [-0.2, 0) is 6.42 Å². The molecule has 0 aromatic heterocycles. The highest BCUT2D eigenvalue weighted by Gasteiger charge is 2.13. The normalized spacial score (nSPS) is 12.3. The van der Waals surface area contributed by atoms with E-state index in [9.17, 15) is 5.11 Å². The van der Waals surface area contributed by atoms with Crippen molar-refractivity contribution in [1.29, 1.82) is 0 Å². The van der Waals surface area contributed by atoms with E-state index in [1.807, 2.05) is 6.92 Å². The summed E-state index contributed by atoms with van der Waals surface area (Å²) in [6.07, 6.45) is 0.633. The van der Waals surface area contributed by atoms with Crippen molar-refractivity contribution in [3.8, 4) is 17.2 Å². The van der Waals surface area contributed by atoms with Crippen LogP contribution < -0.4 is 15.2 Å². The molecule has 4 heteroatoms. The van der Waals surface area contributed by atoms with Gasteiger partial charge in [-0.3, -0.25) is 0 Å². The Morgan fingerprint density at radius 3 is 2.47 bits per heavy atom. The Labute approximate surface area is 89.6 Å². The molecule has 0 saturated heterocycles. The van der Waals surface area contributed by atoms with Gasteiger partial charge in [-0.15, -0.1) is 0 Å². The molecule has 0 amide bonds. The lowest BCUT2D eigenvalue weighted by Gasteiger charge is -2.14. The zero-order chi connectivity index (χ0) is 11.4. The van der Waals surface area contributed by atoms with E-state index in [-0.39, 0.29) is 11.8 Å². The van der Waals surface area contributed by atoms with E-state index in [1.165, 1.54) is 13.2 Å². The molecular weight excluding hydrogens is 194 g/mol. The van der Waals surface area contributed by atoms with Crippen LogP contribution in [-0.4, -0.2) is 25.4 Å². The van der Waals surface area contributed by atoms with Crippen molar-refractivity contribution in [2.45, 2.75) is 19.4 Å². The van der Waals surface area contributed by atoms with Crippen molar-refractivity contribution < 1.29 is 14.6 Å². The van der Waals surface area contributed by atoms with E-state index in [4.69, 9.17) is 15.2 Å². The van der Waals surface area contributed by atoms with Crippen molar-refractivity contribution >= 4 is 0 Å². The quantitative estimate of drug-likeness (QED) is 0.787. The van der Waals surface area contributed by atoms with Gasteiger partial charge in [0.05, 0.1) is 14.2 Å². The van der Waals surface area contributed by atoms with Gasteiger partial charge in [0.15, 0.2) is 11.5 Å². The zero-order valence-corrected chi connectivity index (χ0v) is 9.28. The van der Waals surface area contributed by atoms with Crippen LogP contribution in [0.25, 0.3) is 0 Å². The van der Waals surface area contributed by atoms with Gasteiger partial charge in [0.1, 0.15) is 5.75 Å². The molecule has 0 heterocycles. The smallest absolute Gasteiger partial charge is 0.164 e. The highest BCUT2D eigenvalue weighted by Crippen LogP contribution is 2.35. The minimum atomic E-state index is 0.00501. The summed E-state index contributed by atoms with van der Waals surface area (Å²) in [7, 11) is 3.10. The van der Waals surface area contributed by atoms with Crippen LogP contribution in [0.5, 0.6) is 17.2 Å². The maximum absolute atomic E-state index is 9.48. The average Bonchev–Trinajstić information content (AvgIpc) is 2.15. The number of phenols is 1. The number of methoxy groups -OCH3 is 2. The number of nitrogens with two attached hydrogens (primary N) is 1. The monoisotopic (exact) mass is 211 g/mol. The van der Waals surface area contributed by atoms with E-state index < -0.39 is 0 Å². The molecule has 3 N–H and O–H groups in total. The van der Waals surface area contributed by atoms with E-state index in [0.717, 1.165) is 5.56 Å². The van der Waals surface area contributed by atoms with Gasteiger partial charge < -0.3 is 20.3 Å². The molecule has 1 aromatic rings. The van der Waals surface area contributed by atoms with E-state index in [0.29, 0.717) is 17.9 Å². The van der Waals surface area contributed by atoms with Gasteiger partial charge in [0.2, 0.25) is 0 Å². The fraction of sp³-hybridized carbons (Fsp3) is 0.455. The number of phenolic OH excluding ortho intramolecular Hbond substituents is 1. The first-order chi connectivity index (χ1) is 7.08. The second-order valence-corrected chi connectivity index (χ2v) is 3.52. The molecule has 84 valence electrons. The lowest BCUT2D eigenvalue weighted by Crippen LogP contribution is -2.18. The fourth-order valence-corrected chi connectivity index (χ4v) is 1.53. The molecule has 0 spiro atoms. The van der Waals surface area contributed by atoms with Crippen LogP contribution in [0.15, 0.2) is 12.1 Å². The van der Waals surface area contributed by atoms with Gasteiger partial charge in [-0.25, -0.2) is 0 Å². The number of hydrogen-bond acceptors (Lipinski definition) is 4. The molecule has 0 bridgehead atoms. The Bertz CT molecular complexity index is 337. The topological polar surface area (TPSA) is 64.7 Å². The third-order valence-corrected chi connectivity index (χ3v) is 2.08. The zero-order valence-electron chi connectivity index (χ0n) is 9.28. The molecule has 0 aliphatic rings. The van der Waals surface area contributed by atoms with Crippen molar-refractivity contribution in [2.75, 3.05) is 14.2 Å². The largest absolute Gasteiger partial charge is 0.508 e. The molecule has 0 saturated carbocycles. The summed E-state index contributed by atoms with van der Waals surface area (Å²) in [5.41, 5.74) is 6.56. The molecule has 0 radical (unpaired) electrons. The van der Waals surface area contributed by atoms with Crippen LogP contribution in [0.4, 0.5) is 0 Å². The average molecular weight is 211 g/mol. The van der Waals surface area contributed by atoms with E-state index in [2.05, 4.69) is 0 Å². The van der Waals surface area contributed by atoms with Crippen LogP contribution in [0.1, 0.15) is 12.5 Å². The summed E-state index contributed by atoms with van der Waals surface area (Å²) in [6, 6.07) is 3.17. The standard InChI is InChI=1S/C11H17NO3/c1-7(12)4-8-5-9(13)6-10(14-2)11(8)15-3/h5-7,13H,4,12H2,1-3H3. The predicted octanol–water partition coefficient (Wildman–Crippen LogP) is 1.30. The van der Waals surface area contributed by atoms with E-state index >= 15 is 0 Å². The first-order valence-corrected chi connectivity index (χ1v) is 4.78. The van der Waals surface area contributed by atoms with Crippen LogP contribution in [0.3, 0.4) is 0 Å². The Balaban J connectivity index is 3.16. The second kappa shape index (κ2) is 4.89. The summed E-state index contributed by atoms with van der Waals surface area (Å²) < 4.78 is 10.3. The third kappa shape index (κ3) is 2.76. The Kier molecular flexibility index (Phi) is 3.80. The van der Waals surface area contributed by atoms with Crippen molar-refractivity contribution in [2.24, 2.45) is 5.73 Å². The third-order valence-electron chi connectivity index (χ3n) is 2.08. The minimum absolute atomic E-state index is 0.00501. The van der Waals surface area contributed by atoms with Crippen molar-refractivity contribution in [1.82, 2.24) is 0 Å². The molecule has 1 aromatic carbocycles. The van der Waals surface area contributed by atoms with Gasteiger partial charge in [0.25, 0.3) is 0 Å². The van der Waals surface area contributed by atoms with Crippen molar-refractivity contribution in [3.05, 3.63) is 17.7 Å². The molecule has 0 fully saturated rings. The Morgan fingerprint density at radius 2 is 2.00 bits per heavy atom. The second-order valence-electron chi connectivity index (χ2n) is 3.52. The Morgan fingerprint density at radius 1 is 1.33 bits per heavy atom. The number of benzene rings is 1. The highest BCUT2D eigenvalue weighted by molar-refractivity contribution is 5.51. The Hall–Kier alpha value is -1.42. The van der Waals surface area contributed by atoms with Crippen LogP contribution >= 0.6 is 0 Å². The molecule has 15 heavy (non-hydrogen) atoms. The number of hydrogen-bond donors (Lipinski definition) is 2. The lowest BCUT2D eigenvalue weighted by molar-refractivity contribution is 0.347. The summed E-state index contributed by atoms with van der Waals surface area (Å²) in [5, 5.41) is 9.48. The summed E-state index contributed by atoms with van der Waals surface area (Å²) >= 11 is 0. The summed E-state index contributed by atoms with van der Waals surface area (Å²) in [5.74, 6) is 1.31. The van der Waals surface area contributed by atoms with Gasteiger partial charge in [-0.05, 0) is 19.4 Å². The van der Waals surface area contributed by atoms with E-state index in [1.54, 1.807) is 13.2 Å². The van der Waals surface area contributed by atoms with Gasteiger partial charge in [0, 0.05) is 17.7 Å². The molecule has 1 unspecified atom stereocenters. The van der Waals surface area contributed by atoms with Crippen LogP contribution in [0.2, 0.25) is 0 Å². The molecular formula is C11H17NO3. The molecule has 1 atom stereocenters. The van der Waals surface area contributed by atoms with Gasteiger partial charge in [-0.1, -0.05) is 0 Å². The van der Waals surface area contributed by atoms with Gasteiger partial charge >= 0.3 is 0 Å². The molecule has 0 aliphatic heterocycles. The molecule has 4 nitrogen and oxygen atoms in total. The van der Waals surface area contributed by atoms with Crippen molar-refractivity contribution in [3.63, 3.8) is 0 Å². The number of rotatable bonds is 4. The maximum atomic E-state index is 9.48. The molecule has 1 rings (SSSR count). The first kappa shape index (κ1) is 11.7.